The molecule has 0 aliphatic rings. The van der Waals surface area contributed by atoms with Gasteiger partial charge in [-0.2, -0.15) is 0 Å². The zero-order chi connectivity index (χ0) is 14.4. The third-order valence-corrected chi connectivity index (χ3v) is 3.09. The molecule has 0 saturated heterocycles. The fourth-order valence-electron chi connectivity index (χ4n) is 1.86. The number of anilines is 1. The van der Waals surface area contributed by atoms with Crippen LogP contribution >= 0.6 is 11.6 Å². The molecule has 0 aromatic heterocycles. The molecule has 0 aliphatic heterocycles. The summed E-state index contributed by atoms with van der Waals surface area (Å²) in [6.07, 6.45) is 0. The number of benzene rings is 2. The van der Waals surface area contributed by atoms with Crippen LogP contribution in [-0.4, -0.2) is 12.5 Å². The monoisotopic (exact) mass is 288 g/mol. The predicted molar refractivity (Wildman–Crippen MR) is 83.2 cm³/mol. The van der Waals surface area contributed by atoms with E-state index in [1.54, 1.807) is 24.3 Å². The van der Waals surface area contributed by atoms with E-state index < -0.39 is 0 Å². The number of carbonyl (C=O) groups is 1. The van der Waals surface area contributed by atoms with E-state index in [9.17, 15) is 4.79 Å². The number of hydrogen-bond acceptors (Lipinski definition) is 2. The van der Waals surface area contributed by atoms with Crippen molar-refractivity contribution in [3.63, 3.8) is 0 Å². The largest absolute Gasteiger partial charge is 0.322 e. The van der Waals surface area contributed by atoms with Gasteiger partial charge in [0, 0.05) is 22.8 Å². The van der Waals surface area contributed by atoms with Crippen LogP contribution in [0.3, 0.4) is 0 Å². The number of rotatable bonds is 5. The first-order chi connectivity index (χ1) is 9.69. The van der Waals surface area contributed by atoms with Crippen molar-refractivity contribution in [1.82, 2.24) is 5.32 Å². The van der Waals surface area contributed by atoms with Crippen molar-refractivity contribution < 1.29 is 4.79 Å². The minimum Gasteiger partial charge on any atom is -0.322 e. The number of halogens is 1. The van der Waals surface area contributed by atoms with E-state index >= 15 is 0 Å². The van der Waals surface area contributed by atoms with E-state index in [1.165, 1.54) is 0 Å². The standard InChI is InChI=1S/C16H17ClN2O/c1-2-18-11-12-5-3-8-15(9-12)19-16(20)13-6-4-7-14(17)10-13/h3-10,18H,2,11H2,1H3,(H,19,20). The summed E-state index contributed by atoms with van der Waals surface area (Å²) in [5, 5.41) is 6.69. The predicted octanol–water partition coefficient (Wildman–Crippen LogP) is 3.70. The van der Waals surface area contributed by atoms with Gasteiger partial charge in [0.05, 0.1) is 0 Å². The summed E-state index contributed by atoms with van der Waals surface area (Å²) in [5.74, 6) is -0.159. The average molecular weight is 289 g/mol. The lowest BCUT2D eigenvalue weighted by atomic mass is 10.1. The highest BCUT2D eigenvalue weighted by Crippen LogP contribution is 2.15. The molecule has 104 valence electrons. The highest BCUT2D eigenvalue weighted by atomic mass is 35.5. The molecular formula is C16H17ClN2O. The lowest BCUT2D eigenvalue weighted by Crippen LogP contribution is -2.14. The van der Waals surface area contributed by atoms with Crippen LogP contribution in [0.5, 0.6) is 0 Å². The smallest absolute Gasteiger partial charge is 0.255 e. The van der Waals surface area contributed by atoms with Crippen molar-refractivity contribution in [2.45, 2.75) is 13.5 Å². The van der Waals surface area contributed by atoms with Crippen LogP contribution in [0.4, 0.5) is 5.69 Å². The Kier molecular flexibility index (Phi) is 5.16. The summed E-state index contributed by atoms with van der Waals surface area (Å²) in [6, 6.07) is 14.7. The van der Waals surface area contributed by atoms with Gasteiger partial charge in [-0.15, -0.1) is 0 Å². The molecule has 0 unspecified atom stereocenters. The second-order valence-electron chi connectivity index (χ2n) is 4.45. The molecule has 0 fully saturated rings. The molecule has 2 N–H and O–H groups in total. The van der Waals surface area contributed by atoms with Crippen LogP contribution < -0.4 is 10.6 Å². The summed E-state index contributed by atoms with van der Waals surface area (Å²) >= 11 is 5.89. The molecule has 2 aromatic rings. The number of nitrogens with one attached hydrogen (secondary N) is 2. The van der Waals surface area contributed by atoms with Gasteiger partial charge in [-0.25, -0.2) is 0 Å². The third kappa shape index (κ3) is 4.08. The van der Waals surface area contributed by atoms with Crippen molar-refractivity contribution in [2.75, 3.05) is 11.9 Å². The molecule has 0 saturated carbocycles. The van der Waals surface area contributed by atoms with Gasteiger partial charge in [-0.1, -0.05) is 36.7 Å². The van der Waals surface area contributed by atoms with Crippen LogP contribution in [0.1, 0.15) is 22.8 Å². The van der Waals surface area contributed by atoms with E-state index in [2.05, 4.69) is 17.6 Å². The molecule has 2 aromatic carbocycles. The van der Waals surface area contributed by atoms with Crippen LogP contribution in [0.15, 0.2) is 48.5 Å². The quantitative estimate of drug-likeness (QED) is 0.881. The first kappa shape index (κ1) is 14.6. The summed E-state index contributed by atoms with van der Waals surface area (Å²) in [4.78, 5) is 12.1. The molecule has 0 aliphatic carbocycles. The maximum absolute atomic E-state index is 12.1. The third-order valence-electron chi connectivity index (χ3n) is 2.85. The summed E-state index contributed by atoms with van der Waals surface area (Å²) in [7, 11) is 0. The lowest BCUT2D eigenvalue weighted by Gasteiger charge is -2.08. The van der Waals surface area contributed by atoms with E-state index in [0.717, 1.165) is 24.3 Å². The molecule has 0 spiro atoms. The van der Waals surface area contributed by atoms with Gasteiger partial charge in [0.15, 0.2) is 0 Å². The van der Waals surface area contributed by atoms with E-state index in [4.69, 9.17) is 11.6 Å². The molecule has 1 amide bonds. The Morgan fingerprint density at radius 2 is 1.95 bits per heavy atom. The Hall–Kier alpha value is -1.84. The first-order valence-corrected chi connectivity index (χ1v) is 6.93. The molecular weight excluding hydrogens is 272 g/mol. The number of carbonyl (C=O) groups excluding carboxylic acids is 1. The Morgan fingerprint density at radius 1 is 1.15 bits per heavy atom. The molecule has 0 bridgehead atoms. The van der Waals surface area contributed by atoms with Gasteiger partial charge < -0.3 is 10.6 Å². The van der Waals surface area contributed by atoms with Crippen molar-refractivity contribution in [3.05, 3.63) is 64.7 Å². The summed E-state index contributed by atoms with van der Waals surface area (Å²) in [6.45, 7) is 3.77. The second-order valence-corrected chi connectivity index (χ2v) is 4.88. The Bertz CT molecular complexity index is 599. The minimum absolute atomic E-state index is 0.159. The van der Waals surface area contributed by atoms with Crippen LogP contribution in [0.25, 0.3) is 0 Å². The van der Waals surface area contributed by atoms with Gasteiger partial charge >= 0.3 is 0 Å². The van der Waals surface area contributed by atoms with E-state index in [-0.39, 0.29) is 5.91 Å². The fraction of sp³-hybridized carbons (Fsp3) is 0.188. The Labute approximate surface area is 124 Å². The lowest BCUT2D eigenvalue weighted by molar-refractivity contribution is 0.102. The van der Waals surface area contributed by atoms with Crippen LogP contribution in [0, 0.1) is 0 Å². The van der Waals surface area contributed by atoms with E-state index in [1.807, 2.05) is 24.3 Å². The molecule has 0 atom stereocenters. The topological polar surface area (TPSA) is 41.1 Å². The van der Waals surface area contributed by atoms with Crippen LogP contribution in [-0.2, 0) is 6.54 Å². The molecule has 0 radical (unpaired) electrons. The first-order valence-electron chi connectivity index (χ1n) is 6.55. The zero-order valence-corrected chi connectivity index (χ0v) is 12.1. The average Bonchev–Trinajstić information content (AvgIpc) is 2.45. The summed E-state index contributed by atoms with van der Waals surface area (Å²) in [5.41, 5.74) is 2.47. The second kappa shape index (κ2) is 7.08. The van der Waals surface area contributed by atoms with Crippen molar-refractivity contribution in [2.24, 2.45) is 0 Å². The number of hydrogen-bond donors (Lipinski definition) is 2. The normalized spacial score (nSPS) is 10.3. The molecule has 3 nitrogen and oxygen atoms in total. The van der Waals surface area contributed by atoms with Gasteiger partial charge in [-0.05, 0) is 42.4 Å². The highest BCUT2D eigenvalue weighted by molar-refractivity contribution is 6.31. The van der Waals surface area contributed by atoms with Gasteiger partial charge in [0.1, 0.15) is 0 Å². The zero-order valence-electron chi connectivity index (χ0n) is 11.3. The molecule has 2 rings (SSSR count). The Morgan fingerprint density at radius 3 is 2.70 bits per heavy atom. The van der Waals surface area contributed by atoms with Crippen molar-refractivity contribution in [1.29, 1.82) is 0 Å². The molecule has 0 heterocycles. The van der Waals surface area contributed by atoms with Crippen molar-refractivity contribution in [3.8, 4) is 0 Å². The maximum Gasteiger partial charge on any atom is 0.255 e. The fourth-order valence-corrected chi connectivity index (χ4v) is 2.05. The van der Waals surface area contributed by atoms with Gasteiger partial charge in [0.25, 0.3) is 5.91 Å². The number of amides is 1. The van der Waals surface area contributed by atoms with Gasteiger partial charge in [0.2, 0.25) is 0 Å². The van der Waals surface area contributed by atoms with Crippen LogP contribution in [0.2, 0.25) is 5.02 Å². The minimum atomic E-state index is -0.159. The van der Waals surface area contributed by atoms with Crippen molar-refractivity contribution >= 4 is 23.2 Å². The molecule has 20 heavy (non-hydrogen) atoms. The molecule has 4 heteroatoms. The Balaban J connectivity index is 2.07. The van der Waals surface area contributed by atoms with Gasteiger partial charge in [-0.3, -0.25) is 4.79 Å². The maximum atomic E-state index is 12.1. The summed E-state index contributed by atoms with van der Waals surface area (Å²) < 4.78 is 0. The van der Waals surface area contributed by atoms with E-state index in [0.29, 0.717) is 10.6 Å². The SMILES string of the molecule is CCNCc1cccc(NC(=O)c2cccc(Cl)c2)c1. The highest BCUT2D eigenvalue weighted by Gasteiger charge is 2.06.